The van der Waals surface area contributed by atoms with Crippen LogP contribution in [-0.4, -0.2) is 19.6 Å². The summed E-state index contributed by atoms with van der Waals surface area (Å²) >= 11 is 0. The average molecular weight is 329 g/mol. The zero-order valence-electron chi connectivity index (χ0n) is 14.3. The van der Waals surface area contributed by atoms with Gasteiger partial charge in [-0.2, -0.15) is 0 Å². The van der Waals surface area contributed by atoms with E-state index < -0.39 is 0 Å². The molecule has 0 amide bonds. The predicted octanol–water partition coefficient (Wildman–Crippen LogP) is 3.68. The minimum atomic E-state index is -0.319. The summed E-state index contributed by atoms with van der Waals surface area (Å²) in [6.45, 7) is 4.96. The summed E-state index contributed by atoms with van der Waals surface area (Å²) < 4.78 is 18.6. The molecule has 0 bridgehead atoms. The molecule has 0 atom stereocenters. The fourth-order valence-electron chi connectivity index (χ4n) is 2.38. The molecule has 5 heteroatoms. The molecule has 0 unspecified atom stereocenters. The molecule has 0 heterocycles. The Morgan fingerprint density at radius 3 is 2.67 bits per heavy atom. The fraction of sp³-hybridized carbons (Fsp3) is 0.316. The zero-order valence-corrected chi connectivity index (χ0v) is 14.3. The Labute approximate surface area is 142 Å². The van der Waals surface area contributed by atoms with Gasteiger partial charge in [0.1, 0.15) is 5.82 Å². The van der Waals surface area contributed by atoms with E-state index in [1.165, 1.54) is 12.1 Å². The number of ether oxygens (including phenoxy) is 1. The van der Waals surface area contributed by atoms with Crippen LogP contribution >= 0.6 is 0 Å². The zero-order chi connectivity index (χ0) is 17.6. The van der Waals surface area contributed by atoms with E-state index in [4.69, 9.17) is 10.5 Å². The number of hydrogen-bond acceptors (Lipinski definition) is 2. The van der Waals surface area contributed by atoms with E-state index >= 15 is 0 Å². The van der Waals surface area contributed by atoms with Gasteiger partial charge in [0.2, 0.25) is 0 Å². The van der Waals surface area contributed by atoms with Crippen LogP contribution in [0, 0.1) is 5.82 Å². The average Bonchev–Trinajstić information content (AvgIpc) is 2.55. The molecule has 0 saturated heterocycles. The second-order valence-electron chi connectivity index (χ2n) is 6.31. The first kappa shape index (κ1) is 17.9. The first-order valence-corrected chi connectivity index (χ1v) is 7.82. The first-order valence-electron chi connectivity index (χ1n) is 7.82. The van der Waals surface area contributed by atoms with Crippen molar-refractivity contribution in [2.75, 3.05) is 19.0 Å². The maximum absolute atomic E-state index is 13.4. The van der Waals surface area contributed by atoms with Crippen LogP contribution in [-0.2, 0) is 16.8 Å². The third kappa shape index (κ3) is 4.80. The molecule has 0 aliphatic heterocycles. The molecule has 4 nitrogen and oxygen atoms in total. The van der Waals surface area contributed by atoms with Crippen LogP contribution in [0.5, 0.6) is 0 Å². The van der Waals surface area contributed by atoms with Crippen molar-refractivity contribution in [1.29, 1.82) is 0 Å². The van der Waals surface area contributed by atoms with Gasteiger partial charge >= 0.3 is 0 Å². The van der Waals surface area contributed by atoms with Gasteiger partial charge < -0.3 is 15.8 Å². The molecule has 3 N–H and O–H groups in total. The van der Waals surface area contributed by atoms with Gasteiger partial charge in [0.05, 0.1) is 13.2 Å². The number of rotatable bonds is 6. The van der Waals surface area contributed by atoms with Crippen molar-refractivity contribution in [2.24, 2.45) is 10.7 Å². The molecule has 2 rings (SSSR count). The van der Waals surface area contributed by atoms with Gasteiger partial charge in [-0.25, -0.2) is 4.39 Å². The highest BCUT2D eigenvalue weighted by molar-refractivity contribution is 5.93. The Morgan fingerprint density at radius 1 is 1.21 bits per heavy atom. The third-order valence-electron chi connectivity index (χ3n) is 3.83. The Bertz CT molecular complexity index is 713. The fourth-order valence-corrected chi connectivity index (χ4v) is 2.38. The van der Waals surface area contributed by atoms with Crippen molar-refractivity contribution in [3.05, 3.63) is 65.5 Å². The number of halogens is 1. The summed E-state index contributed by atoms with van der Waals surface area (Å²) in [6, 6.07) is 14.3. The standard InChI is InChI=1S/C19H24FN3O/c1-19(2,15-8-6-9-16(20)11-15)13-22-18(21)23-17-10-5-4-7-14(17)12-24-3/h4-11H,12-13H2,1-3H3,(H3,21,22,23). The lowest BCUT2D eigenvalue weighted by Gasteiger charge is -2.23. The van der Waals surface area contributed by atoms with E-state index in [-0.39, 0.29) is 11.2 Å². The lowest BCUT2D eigenvalue weighted by atomic mass is 9.85. The minimum Gasteiger partial charge on any atom is -0.380 e. The van der Waals surface area contributed by atoms with Crippen LogP contribution in [0.2, 0.25) is 0 Å². The summed E-state index contributed by atoms with van der Waals surface area (Å²) in [5, 5.41) is 3.10. The molecule has 2 aromatic carbocycles. The second kappa shape index (κ2) is 7.93. The topological polar surface area (TPSA) is 59.6 Å². The van der Waals surface area contributed by atoms with Crippen molar-refractivity contribution in [3.63, 3.8) is 0 Å². The number of hydrogen-bond donors (Lipinski definition) is 2. The lowest BCUT2D eigenvalue weighted by Crippen LogP contribution is -2.28. The SMILES string of the molecule is COCc1ccccc1NC(N)=NCC(C)(C)c1cccc(F)c1. The molecule has 24 heavy (non-hydrogen) atoms. The molecular weight excluding hydrogens is 305 g/mol. The number of benzene rings is 2. The van der Waals surface area contributed by atoms with E-state index in [1.54, 1.807) is 13.2 Å². The molecular formula is C19H24FN3O. The second-order valence-corrected chi connectivity index (χ2v) is 6.31. The van der Waals surface area contributed by atoms with Gasteiger partial charge in [-0.3, -0.25) is 4.99 Å². The molecule has 0 aromatic heterocycles. The van der Waals surface area contributed by atoms with Gasteiger partial charge in [0, 0.05) is 23.8 Å². The van der Waals surface area contributed by atoms with Gasteiger partial charge in [-0.15, -0.1) is 0 Å². The minimum absolute atomic E-state index is 0.246. The molecule has 0 aliphatic carbocycles. The van der Waals surface area contributed by atoms with Crippen molar-refractivity contribution < 1.29 is 9.13 Å². The number of anilines is 1. The van der Waals surface area contributed by atoms with Crippen molar-refractivity contribution >= 4 is 11.6 Å². The van der Waals surface area contributed by atoms with Crippen LogP contribution in [0.25, 0.3) is 0 Å². The highest BCUT2D eigenvalue weighted by atomic mass is 19.1. The predicted molar refractivity (Wildman–Crippen MR) is 96.7 cm³/mol. The highest BCUT2D eigenvalue weighted by Gasteiger charge is 2.20. The number of nitrogens with one attached hydrogen (secondary N) is 1. The van der Waals surface area contributed by atoms with Crippen molar-refractivity contribution in [1.82, 2.24) is 0 Å². The van der Waals surface area contributed by atoms with E-state index in [2.05, 4.69) is 10.3 Å². The number of nitrogens with zero attached hydrogens (tertiary/aromatic N) is 1. The number of nitrogens with two attached hydrogens (primary N) is 1. The summed E-state index contributed by atoms with van der Waals surface area (Å²) in [5.74, 6) is 0.0761. The third-order valence-corrected chi connectivity index (χ3v) is 3.83. The van der Waals surface area contributed by atoms with Crippen LogP contribution in [0.3, 0.4) is 0 Å². The van der Waals surface area contributed by atoms with Crippen molar-refractivity contribution in [3.8, 4) is 0 Å². The van der Waals surface area contributed by atoms with Crippen LogP contribution < -0.4 is 11.1 Å². The van der Waals surface area contributed by atoms with Gasteiger partial charge in [-0.1, -0.05) is 44.2 Å². The summed E-state index contributed by atoms with van der Waals surface area (Å²) in [6.07, 6.45) is 0. The van der Waals surface area contributed by atoms with E-state index in [0.29, 0.717) is 19.1 Å². The maximum atomic E-state index is 13.4. The Kier molecular flexibility index (Phi) is 5.93. The maximum Gasteiger partial charge on any atom is 0.193 e. The molecule has 2 aromatic rings. The van der Waals surface area contributed by atoms with Crippen LogP contribution in [0.15, 0.2) is 53.5 Å². The molecule has 0 aliphatic rings. The Hall–Kier alpha value is -2.40. The van der Waals surface area contributed by atoms with Crippen LogP contribution in [0.4, 0.5) is 10.1 Å². The van der Waals surface area contributed by atoms with Gasteiger partial charge in [0.25, 0.3) is 0 Å². The number of methoxy groups -OCH3 is 1. The van der Waals surface area contributed by atoms with Gasteiger partial charge in [0.15, 0.2) is 5.96 Å². The molecule has 0 saturated carbocycles. The largest absolute Gasteiger partial charge is 0.380 e. The van der Waals surface area contributed by atoms with Gasteiger partial charge in [-0.05, 0) is 23.8 Å². The molecule has 0 radical (unpaired) electrons. The highest BCUT2D eigenvalue weighted by Crippen LogP contribution is 2.24. The van der Waals surface area contributed by atoms with E-state index in [9.17, 15) is 4.39 Å². The Morgan fingerprint density at radius 2 is 1.96 bits per heavy atom. The number of guanidine groups is 1. The quantitative estimate of drug-likeness (QED) is 0.628. The summed E-state index contributed by atoms with van der Waals surface area (Å²) in [5.41, 5.74) is 8.45. The Balaban J connectivity index is 2.09. The van der Waals surface area contributed by atoms with E-state index in [0.717, 1.165) is 16.8 Å². The normalized spacial score (nSPS) is 12.2. The van der Waals surface area contributed by atoms with Crippen LogP contribution in [0.1, 0.15) is 25.0 Å². The summed E-state index contributed by atoms with van der Waals surface area (Å²) in [7, 11) is 1.65. The smallest absolute Gasteiger partial charge is 0.193 e. The monoisotopic (exact) mass is 329 g/mol. The van der Waals surface area contributed by atoms with E-state index in [1.807, 2.05) is 44.2 Å². The summed E-state index contributed by atoms with van der Waals surface area (Å²) in [4.78, 5) is 4.42. The first-order chi connectivity index (χ1) is 11.4. The molecule has 128 valence electrons. The van der Waals surface area contributed by atoms with Crippen molar-refractivity contribution in [2.45, 2.75) is 25.9 Å². The molecule has 0 spiro atoms. The molecule has 0 fully saturated rings. The number of aliphatic imine (C=N–C) groups is 1. The lowest BCUT2D eigenvalue weighted by molar-refractivity contribution is 0.185. The number of para-hydroxylation sites is 1.